The zero-order valence-electron chi connectivity index (χ0n) is 21.3. The van der Waals surface area contributed by atoms with E-state index in [9.17, 15) is 10.1 Å². The summed E-state index contributed by atoms with van der Waals surface area (Å²) in [5.74, 6) is 1.11. The van der Waals surface area contributed by atoms with Crippen molar-refractivity contribution in [3.05, 3.63) is 82.9 Å². The molecule has 0 aliphatic carbocycles. The molecule has 2 N–H and O–H groups in total. The molecular formula is C30H29N5O3. The van der Waals surface area contributed by atoms with Gasteiger partial charge in [-0.25, -0.2) is 0 Å². The number of anilines is 2. The predicted molar refractivity (Wildman–Crippen MR) is 147 cm³/mol. The minimum atomic E-state index is -0.223. The van der Waals surface area contributed by atoms with Gasteiger partial charge in [-0.3, -0.25) is 9.69 Å². The highest BCUT2D eigenvalue weighted by molar-refractivity contribution is 6.37. The molecule has 0 spiro atoms. The summed E-state index contributed by atoms with van der Waals surface area (Å²) in [6.07, 6.45) is 0. The van der Waals surface area contributed by atoms with Crippen LogP contribution in [0.1, 0.15) is 22.3 Å². The standard InChI is InChI=1S/C30H29N5O3/c1-34-10-12-35(13-11-34)19-20-2-6-23(7-3-20)32-29(22-5-9-26-27(17-22)38-15-14-37-26)28-24-8-4-21(18-31)16-25(24)33-30(28)36/h2-9,16-17,32H,10-15,19H2,1H3,(H,33,36). The fourth-order valence-electron chi connectivity index (χ4n) is 5.07. The number of nitrogens with one attached hydrogen (secondary N) is 2. The summed E-state index contributed by atoms with van der Waals surface area (Å²) >= 11 is 0. The second-order valence-electron chi connectivity index (χ2n) is 9.84. The molecule has 3 aliphatic rings. The minimum Gasteiger partial charge on any atom is -0.486 e. The van der Waals surface area contributed by atoms with E-state index in [2.05, 4.69) is 57.8 Å². The predicted octanol–water partition coefficient (Wildman–Crippen LogP) is 4.01. The lowest BCUT2D eigenvalue weighted by Gasteiger charge is -2.32. The van der Waals surface area contributed by atoms with Crippen LogP contribution in [0.15, 0.2) is 60.7 Å². The summed E-state index contributed by atoms with van der Waals surface area (Å²) in [7, 11) is 2.16. The molecule has 0 atom stereocenters. The molecule has 1 fully saturated rings. The molecule has 0 radical (unpaired) electrons. The number of piperazine rings is 1. The molecule has 1 amide bonds. The summed E-state index contributed by atoms with van der Waals surface area (Å²) in [5.41, 5.74) is 5.98. The lowest BCUT2D eigenvalue weighted by molar-refractivity contribution is -0.110. The average molecular weight is 508 g/mol. The van der Waals surface area contributed by atoms with Gasteiger partial charge in [0.15, 0.2) is 11.5 Å². The third-order valence-electron chi connectivity index (χ3n) is 7.20. The second-order valence-corrected chi connectivity index (χ2v) is 9.84. The number of nitriles is 1. The van der Waals surface area contributed by atoms with Crippen LogP contribution in [0, 0.1) is 11.3 Å². The lowest BCUT2D eigenvalue weighted by Crippen LogP contribution is -2.43. The molecule has 3 heterocycles. The van der Waals surface area contributed by atoms with Gasteiger partial charge in [0.2, 0.25) is 0 Å². The molecule has 0 unspecified atom stereocenters. The van der Waals surface area contributed by atoms with Crippen molar-refractivity contribution in [2.75, 3.05) is 57.1 Å². The summed E-state index contributed by atoms with van der Waals surface area (Å²) in [4.78, 5) is 18.1. The molecule has 3 aromatic carbocycles. The molecule has 6 rings (SSSR count). The fourth-order valence-corrected chi connectivity index (χ4v) is 5.07. The van der Waals surface area contributed by atoms with Crippen molar-refractivity contribution in [1.29, 1.82) is 5.26 Å². The van der Waals surface area contributed by atoms with Crippen molar-refractivity contribution in [3.63, 3.8) is 0 Å². The number of ether oxygens (including phenoxy) is 2. The maximum absolute atomic E-state index is 13.3. The van der Waals surface area contributed by atoms with E-state index < -0.39 is 0 Å². The van der Waals surface area contributed by atoms with Crippen LogP contribution in [0.4, 0.5) is 11.4 Å². The van der Waals surface area contributed by atoms with Crippen molar-refractivity contribution in [1.82, 2.24) is 9.80 Å². The Balaban J connectivity index is 1.35. The van der Waals surface area contributed by atoms with E-state index in [1.165, 1.54) is 5.56 Å². The quantitative estimate of drug-likeness (QED) is 0.505. The van der Waals surface area contributed by atoms with E-state index in [0.717, 1.165) is 49.5 Å². The topological polar surface area (TPSA) is 89.9 Å². The third-order valence-corrected chi connectivity index (χ3v) is 7.20. The summed E-state index contributed by atoms with van der Waals surface area (Å²) < 4.78 is 11.5. The van der Waals surface area contributed by atoms with E-state index in [-0.39, 0.29) is 5.91 Å². The van der Waals surface area contributed by atoms with Crippen LogP contribution in [0.5, 0.6) is 11.5 Å². The van der Waals surface area contributed by atoms with Crippen LogP contribution in [0.3, 0.4) is 0 Å². The number of nitrogens with zero attached hydrogens (tertiary/aromatic N) is 3. The van der Waals surface area contributed by atoms with Gasteiger partial charge in [0.1, 0.15) is 13.2 Å². The number of benzene rings is 3. The molecular weight excluding hydrogens is 478 g/mol. The Labute approximate surface area is 222 Å². The Bertz CT molecular complexity index is 1450. The fraction of sp³-hybridized carbons (Fsp3) is 0.267. The molecule has 192 valence electrons. The number of fused-ring (bicyclic) bond motifs is 2. The van der Waals surface area contributed by atoms with Gasteiger partial charge < -0.3 is 25.0 Å². The van der Waals surface area contributed by atoms with E-state index in [1.807, 2.05) is 24.3 Å². The van der Waals surface area contributed by atoms with E-state index in [1.54, 1.807) is 12.1 Å². The van der Waals surface area contributed by atoms with Gasteiger partial charge in [0.25, 0.3) is 5.91 Å². The zero-order chi connectivity index (χ0) is 26.1. The molecule has 0 saturated carbocycles. The molecule has 8 nitrogen and oxygen atoms in total. The number of likely N-dealkylation sites (N-methyl/N-ethyl adjacent to an activating group) is 1. The van der Waals surface area contributed by atoms with Crippen molar-refractivity contribution in [3.8, 4) is 17.6 Å². The number of carbonyl (C=O) groups excluding carboxylic acids is 1. The first kappa shape index (κ1) is 24.0. The Morgan fingerprint density at radius 2 is 1.74 bits per heavy atom. The minimum absolute atomic E-state index is 0.223. The molecule has 8 heteroatoms. The number of rotatable bonds is 5. The lowest BCUT2D eigenvalue weighted by atomic mass is 9.98. The van der Waals surface area contributed by atoms with E-state index in [0.29, 0.717) is 47.2 Å². The van der Waals surface area contributed by atoms with Crippen LogP contribution < -0.4 is 20.1 Å². The van der Waals surface area contributed by atoms with Crippen LogP contribution in [0.25, 0.3) is 11.3 Å². The summed E-state index contributed by atoms with van der Waals surface area (Å²) in [6, 6.07) is 21.5. The summed E-state index contributed by atoms with van der Waals surface area (Å²) in [6.45, 7) is 6.22. The molecule has 1 saturated heterocycles. The van der Waals surface area contributed by atoms with Gasteiger partial charge in [-0.1, -0.05) is 18.2 Å². The number of amides is 1. The van der Waals surface area contributed by atoms with Crippen molar-refractivity contribution in [2.24, 2.45) is 0 Å². The maximum Gasteiger partial charge on any atom is 0.258 e. The van der Waals surface area contributed by atoms with Gasteiger partial charge in [-0.05, 0) is 55.1 Å². The largest absolute Gasteiger partial charge is 0.486 e. The highest BCUT2D eigenvalue weighted by Crippen LogP contribution is 2.40. The second kappa shape index (κ2) is 10.2. The smallest absolute Gasteiger partial charge is 0.258 e. The van der Waals surface area contributed by atoms with Gasteiger partial charge in [0.05, 0.1) is 28.6 Å². The molecule has 3 aliphatic heterocycles. The first-order valence-corrected chi connectivity index (χ1v) is 12.8. The average Bonchev–Trinajstić information content (AvgIpc) is 3.28. The highest BCUT2D eigenvalue weighted by atomic mass is 16.6. The van der Waals surface area contributed by atoms with E-state index in [4.69, 9.17) is 9.47 Å². The first-order valence-electron chi connectivity index (χ1n) is 12.8. The SMILES string of the molecule is CN1CCN(Cc2ccc(NC(=C3C(=O)Nc4cc(C#N)ccc43)c3ccc4c(c3)OCCO4)cc2)CC1. The van der Waals surface area contributed by atoms with E-state index >= 15 is 0 Å². The maximum atomic E-state index is 13.3. The Hall–Kier alpha value is -4.32. The summed E-state index contributed by atoms with van der Waals surface area (Å²) in [5, 5.41) is 15.8. The third kappa shape index (κ3) is 4.82. The Morgan fingerprint density at radius 1 is 0.974 bits per heavy atom. The number of carbonyl (C=O) groups is 1. The Kier molecular flexibility index (Phi) is 6.46. The number of hydrogen-bond acceptors (Lipinski definition) is 7. The van der Waals surface area contributed by atoms with Gasteiger partial charge in [-0.15, -0.1) is 0 Å². The molecule has 38 heavy (non-hydrogen) atoms. The highest BCUT2D eigenvalue weighted by Gasteiger charge is 2.29. The van der Waals surface area contributed by atoms with Gasteiger partial charge in [-0.2, -0.15) is 5.26 Å². The normalized spacial score (nSPS) is 18.4. The molecule has 0 bridgehead atoms. The Morgan fingerprint density at radius 3 is 2.50 bits per heavy atom. The molecule has 3 aromatic rings. The van der Waals surface area contributed by atoms with Crippen LogP contribution in [-0.4, -0.2) is 62.1 Å². The monoisotopic (exact) mass is 507 g/mol. The van der Waals surface area contributed by atoms with Gasteiger partial charge in [0, 0.05) is 49.5 Å². The van der Waals surface area contributed by atoms with Crippen molar-refractivity contribution >= 4 is 28.6 Å². The van der Waals surface area contributed by atoms with Crippen LogP contribution in [-0.2, 0) is 11.3 Å². The van der Waals surface area contributed by atoms with Crippen molar-refractivity contribution < 1.29 is 14.3 Å². The zero-order valence-corrected chi connectivity index (χ0v) is 21.3. The van der Waals surface area contributed by atoms with Gasteiger partial charge >= 0.3 is 0 Å². The van der Waals surface area contributed by atoms with Crippen LogP contribution >= 0.6 is 0 Å². The molecule has 0 aromatic heterocycles. The van der Waals surface area contributed by atoms with Crippen LogP contribution in [0.2, 0.25) is 0 Å². The first-order chi connectivity index (χ1) is 18.6. The number of hydrogen-bond donors (Lipinski definition) is 2. The van der Waals surface area contributed by atoms with Crippen molar-refractivity contribution in [2.45, 2.75) is 6.54 Å².